The number of hydrogen-bond donors (Lipinski definition) is 0. The smallest absolute Gasteiger partial charge is 0.0497 e. The fourth-order valence-electron chi connectivity index (χ4n) is 1.20. The normalized spacial score (nSPS) is 13.8. The van der Waals surface area contributed by atoms with Crippen LogP contribution in [0.2, 0.25) is 0 Å². The summed E-state index contributed by atoms with van der Waals surface area (Å²) >= 11 is 0. The zero-order chi connectivity index (χ0) is 6.10. The second-order valence-corrected chi connectivity index (χ2v) is 4.67. The van der Waals surface area contributed by atoms with Gasteiger partial charge in [0.25, 0.3) is 0 Å². The van der Waals surface area contributed by atoms with Crippen LogP contribution in [-0.2, 0) is 6.04 Å². The molecule has 0 atom stereocenters. The van der Waals surface area contributed by atoms with E-state index in [4.69, 9.17) is 0 Å². The highest BCUT2D eigenvalue weighted by atomic mass is 28.2. The van der Waals surface area contributed by atoms with Gasteiger partial charge in [-0.3, -0.25) is 0 Å². The van der Waals surface area contributed by atoms with E-state index in [0.29, 0.717) is 0 Å². The van der Waals surface area contributed by atoms with Crippen molar-refractivity contribution in [2.24, 2.45) is 0 Å². The van der Waals surface area contributed by atoms with Crippen LogP contribution in [0.15, 0.2) is 30.0 Å². The molecule has 1 aromatic heterocycles. The van der Waals surface area contributed by atoms with Crippen molar-refractivity contribution in [1.82, 2.24) is 0 Å². The van der Waals surface area contributed by atoms with E-state index >= 15 is 0 Å². The van der Waals surface area contributed by atoms with Gasteiger partial charge in [-0.2, -0.15) is 0 Å². The standard InChI is InChI=1S/C8H8Si/c1-2-6-9-7-3-5-8(9)4-1/h1-6H,7H2. The monoisotopic (exact) mass is 132 g/mol. The molecule has 0 aromatic carbocycles. The second-order valence-electron chi connectivity index (χ2n) is 2.31. The summed E-state index contributed by atoms with van der Waals surface area (Å²) in [4.78, 5) is 0. The van der Waals surface area contributed by atoms with Gasteiger partial charge in [-0.15, -0.1) is 0 Å². The minimum Gasteiger partial charge on any atom is -0.0835 e. The number of allylic oxidation sites excluding steroid dienone is 1. The molecule has 9 heavy (non-hydrogen) atoms. The first-order valence-electron chi connectivity index (χ1n) is 3.21. The van der Waals surface area contributed by atoms with Gasteiger partial charge in [0.2, 0.25) is 0 Å². The first kappa shape index (κ1) is 5.12. The summed E-state index contributed by atoms with van der Waals surface area (Å²) in [5, 5.41) is 1.57. The Balaban J connectivity index is 2.63. The minimum absolute atomic E-state index is 0.216. The van der Waals surface area contributed by atoms with Crippen molar-refractivity contribution >= 4 is 14.5 Å². The van der Waals surface area contributed by atoms with Crippen molar-refractivity contribution in [2.45, 2.75) is 6.04 Å². The van der Waals surface area contributed by atoms with Crippen molar-refractivity contribution in [3.05, 3.63) is 35.1 Å². The van der Waals surface area contributed by atoms with Gasteiger partial charge in [0, 0.05) is 8.40 Å². The Morgan fingerprint density at radius 2 is 2.33 bits per heavy atom. The third-order valence-electron chi connectivity index (χ3n) is 1.69. The fraction of sp³-hybridized carbons (Fsp3) is 0.125. The van der Waals surface area contributed by atoms with Gasteiger partial charge in [-0.1, -0.05) is 36.0 Å². The van der Waals surface area contributed by atoms with E-state index in [1.807, 2.05) is 0 Å². The first-order valence-corrected chi connectivity index (χ1v) is 5.00. The lowest BCUT2D eigenvalue weighted by Gasteiger charge is -1.91. The molecule has 0 fully saturated rings. The molecule has 0 spiro atoms. The van der Waals surface area contributed by atoms with Gasteiger partial charge in [-0.25, -0.2) is 0 Å². The largest absolute Gasteiger partial charge is 0.0835 e. The molecule has 0 saturated heterocycles. The van der Waals surface area contributed by atoms with Crippen LogP contribution in [-0.4, -0.2) is 8.40 Å². The maximum Gasteiger partial charge on any atom is 0.0497 e. The summed E-state index contributed by atoms with van der Waals surface area (Å²) < 4.78 is 0. The van der Waals surface area contributed by atoms with Gasteiger partial charge >= 0.3 is 0 Å². The predicted molar refractivity (Wildman–Crippen MR) is 41.4 cm³/mol. The first-order chi connectivity index (χ1) is 4.47. The Labute approximate surface area is 56.4 Å². The van der Waals surface area contributed by atoms with Gasteiger partial charge in [0.05, 0.1) is 0 Å². The Bertz CT molecular complexity index is 250. The van der Waals surface area contributed by atoms with E-state index in [-0.39, 0.29) is 8.40 Å². The highest BCUT2D eigenvalue weighted by Gasteiger charge is 2.01. The average molecular weight is 132 g/mol. The second kappa shape index (κ2) is 1.92. The molecule has 0 N–H and O–H groups in total. The van der Waals surface area contributed by atoms with Crippen LogP contribution in [0.1, 0.15) is 5.17 Å². The van der Waals surface area contributed by atoms with Crippen molar-refractivity contribution < 1.29 is 0 Å². The van der Waals surface area contributed by atoms with Gasteiger partial charge in [-0.05, 0) is 11.2 Å². The molecule has 1 aliphatic rings. The van der Waals surface area contributed by atoms with Crippen LogP contribution in [0.5, 0.6) is 0 Å². The quantitative estimate of drug-likeness (QED) is 0.472. The molecular formula is C8H8Si. The lowest BCUT2D eigenvalue weighted by molar-refractivity contribution is 1.61. The Morgan fingerprint density at radius 1 is 1.33 bits per heavy atom. The maximum atomic E-state index is 2.36. The lowest BCUT2D eigenvalue weighted by atomic mass is 10.4. The Hall–Kier alpha value is -0.693. The molecule has 0 unspecified atom stereocenters. The van der Waals surface area contributed by atoms with Crippen molar-refractivity contribution in [1.29, 1.82) is 0 Å². The number of rotatable bonds is 0. The van der Waals surface area contributed by atoms with E-state index in [1.54, 1.807) is 5.17 Å². The molecule has 0 saturated carbocycles. The minimum atomic E-state index is -0.216. The number of hydrogen-bond acceptors (Lipinski definition) is 0. The number of fused-ring (bicyclic) bond motifs is 1. The molecule has 0 radical (unpaired) electrons. The molecule has 1 aromatic rings. The topological polar surface area (TPSA) is 0 Å². The van der Waals surface area contributed by atoms with E-state index in [1.165, 1.54) is 6.04 Å². The molecule has 0 amide bonds. The van der Waals surface area contributed by atoms with E-state index in [0.717, 1.165) is 0 Å². The van der Waals surface area contributed by atoms with E-state index in [9.17, 15) is 0 Å². The van der Waals surface area contributed by atoms with Crippen LogP contribution >= 0.6 is 0 Å². The molecule has 2 heterocycles. The molecule has 1 aliphatic heterocycles. The molecule has 0 aliphatic carbocycles. The Kier molecular flexibility index (Phi) is 1.09. The molecule has 2 rings (SSSR count). The molecule has 1 heteroatoms. The van der Waals surface area contributed by atoms with Crippen LogP contribution in [0.25, 0.3) is 6.08 Å². The van der Waals surface area contributed by atoms with Crippen LogP contribution in [0, 0.1) is 0 Å². The lowest BCUT2D eigenvalue weighted by Crippen LogP contribution is -1.95. The zero-order valence-electron chi connectivity index (χ0n) is 5.17. The molecule has 0 nitrogen and oxygen atoms in total. The summed E-state index contributed by atoms with van der Waals surface area (Å²) in [6.07, 6.45) is 4.54. The van der Waals surface area contributed by atoms with Crippen molar-refractivity contribution in [3.63, 3.8) is 0 Å². The summed E-state index contributed by atoms with van der Waals surface area (Å²) in [7, 11) is -0.216. The van der Waals surface area contributed by atoms with Gasteiger partial charge < -0.3 is 0 Å². The third-order valence-corrected chi connectivity index (χ3v) is 4.04. The summed E-state index contributed by atoms with van der Waals surface area (Å²) in [5.74, 6) is 0. The molecule has 44 valence electrons. The van der Waals surface area contributed by atoms with Gasteiger partial charge in [0.1, 0.15) is 0 Å². The SMILES string of the molecule is C1=Cc2cccc[si]2C1. The van der Waals surface area contributed by atoms with Gasteiger partial charge in [0.15, 0.2) is 0 Å². The van der Waals surface area contributed by atoms with Crippen molar-refractivity contribution in [3.8, 4) is 0 Å². The summed E-state index contributed by atoms with van der Waals surface area (Å²) in [5.41, 5.74) is 2.36. The van der Waals surface area contributed by atoms with Crippen LogP contribution in [0.3, 0.4) is 0 Å². The summed E-state index contributed by atoms with van der Waals surface area (Å²) in [6.45, 7) is 0. The molecular weight excluding hydrogens is 124 g/mol. The van der Waals surface area contributed by atoms with Crippen LogP contribution in [0.4, 0.5) is 0 Å². The predicted octanol–water partition coefficient (Wildman–Crippen LogP) is 1.74. The molecule has 0 bridgehead atoms. The zero-order valence-corrected chi connectivity index (χ0v) is 6.17. The third kappa shape index (κ3) is 0.774. The van der Waals surface area contributed by atoms with E-state index in [2.05, 4.69) is 36.0 Å². The highest BCUT2D eigenvalue weighted by molar-refractivity contribution is 6.56. The van der Waals surface area contributed by atoms with Crippen LogP contribution < -0.4 is 0 Å². The Morgan fingerprint density at radius 3 is 3.22 bits per heavy atom. The average Bonchev–Trinajstić information content (AvgIpc) is 2.33. The van der Waals surface area contributed by atoms with E-state index < -0.39 is 0 Å². The maximum absolute atomic E-state index is 2.36. The summed E-state index contributed by atoms with van der Waals surface area (Å²) in [6, 6.07) is 7.84. The van der Waals surface area contributed by atoms with Crippen molar-refractivity contribution in [2.75, 3.05) is 0 Å². The fourth-order valence-corrected chi connectivity index (χ4v) is 3.12. The highest BCUT2D eigenvalue weighted by Crippen LogP contribution is 2.08.